The van der Waals surface area contributed by atoms with Gasteiger partial charge in [0.1, 0.15) is 0 Å². The van der Waals surface area contributed by atoms with Crippen LogP contribution < -0.4 is 0 Å². The molecule has 0 heteroatoms. The maximum absolute atomic E-state index is 3.70. The molecule has 0 atom stereocenters. The second-order valence-electron chi connectivity index (χ2n) is 3.70. The maximum Gasteiger partial charge on any atom is -0.0129 e. The predicted octanol–water partition coefficient (Wildman–Crippen LogP) is 5.37. The van der Waals surface area contributed by atoms with Crippen molar-refractivity contribution in [1.29, 1.82) is 0 Å². The third-order valence-corrected chi connectivity index (χ3v) is 2.65. The Morgan fingerprint density at radius 3 is 2.38 bits per heavy atom. The van der Waals surface area contributed by atoms with Gasteiger partial charge >= 0.3 is 0 Å². The van der Waals surface area contributed by atoms with Crippen molar-refractivity contribution in [3.63, 3.8) is 0 Å². The molecule has 0 aromatic heterocycles. The first kappa shape index (κ1) is 14.7. The third-order valence-electron chi connectivity index (χ3n) is 2.65. The van der Waals surface area contributed by atoms with Crippen molar-refractivity contribution >= 4 is 0 Å². The molecule has 16 heavy (non-hydrogen) atoms. The minimum atomic E-state index is 1.05. The molecule has 88 valence electrons. The summed E-state index contributed by atoms with van der Waals surface area (Å²) >= 11 is 0. The highest BCUT2D eigenvalue weighted by molar-refractivity contribution is 5.49. The average molecular weight is 216 g/mol. The zero-order valence-electron chi connectivity index (χ0n) is 11.3. The van der Waals surface area contributed by atoms with Gasteiger partial charge in [0.15, 0.2) is 0 Å². The van der Waals surface area contributed by atoms with Crippen LogP contribution in [0.4, 0.5) is 0 Å². The van der Waals surface area contributed by atoms with E-state index < -0.39 is 0 Å². The van der Waals surface area contributed by atoms with E-state index in [0.29, 0.717) is 0 Å². The lowest BCUT2D eigenvalue weighted by atomic mass is 9.98. The van der Waals surface area contributed by atoms with Crippen LogP contribution >= 0.6 is 0 Å². The molecule has 0 fully saturated rings. The molecule has 0 bridgehead atoms. The number of hydrogen-bond donors (Lipinski definition) is 0. The summed E-state index contributed by atoms with van der Waals surface area (Å²) in [5.41, 5.74) is 5.50. The molecular formula is C16H24. The second-order valence-corrected chi connectivity index (χ2v) is 3.70. The second kappa shape index (κ2) is 7.92. The summed E-state index contributed by atoms with van der Waals surface area (Å²) in [6, 6.07) is 0. The number of allylic oxidation sites excluding steroid dienone is 9. The zero-order valence-corrected chi connectivity index (χ0v) is 11.3. The van der Waals surface area contributed by atoms with Gasteiger partial charge in [-0.25, -0.2) is 0 Å². The lowest BCUT2D eigenvalue weighted by molar-refractivity contribution is 1.18. The van der Waals surface area contributed by atoms with Crippen molar-refractivity contribution in [2.75, 3.05) is 0 Å². The third kappa shape index (κ3) is 4.06. The van der Waals surface area contributed by atoms with E-state index in [1.807, 2.05) is 26.0 Å². The van der Waals surface area contributed by atoms with Gasteiger partial charge in [0, 0.05) is 0 Å². The standard InChI is InChI=1S/C14H18.C2H6/c1-5-6-10-14-12(3)9-7-8-11(2)13(14)4;1-2/h5-8,10H,1,9H2,2-4H3;1-2H3/b10-6-;. The Bertz CT molecular complexity index is 346. The molecule has 0 aromatic carbocycles. The van der Waals surface area contributed by atoms with Crippen LogP contribution in [0, 0.1) is 0 Å². The molecular weight excluding hydrogens is 192 g/mol. The topological polar surface area (TPSA) is 0 Å². The number of hydrogen-bond acceptors (Lipinski definition) is 0. The van der Waals surface area contributed by atoms with Crippen LogP contribution in [-0.4, -0.2) is 0 Å². The van der Waals surface area contributed by atoms with Gasteiger partial charge in [0.05, 0.1) is 0 Å². The molecule has 0 nitrogen and oxygen atoms in total. The van der Waals surface area contributed by atoms with Gasteiger partial charge in [-0.1, -0.05) is 56.4 Å². The molecule has 0 amide bonds. The van der Waals surface area contributed by atoms with E-state index in [0.717, 1.165) is 6.42 Å². The Labute approximate surface area is 101 Å². The minimum Gasteiger partial charge on any atom is -0.0991 e. The molecule has 1 aliphatic rings. The summed E-state index contributed by atoms with van der Waals surface area (Å²) in [7, 11) is 0. The molecule has 0 spiro atoms. The van der Waals surface area contributed by atoms with Crippen molar-refractivity contribution in [1.82, 2.24) is 0 Å². The first-order valence-corrected chi connectivity index (χ1v) is 6.00. The minimum absolute atomic E-state index is 1.05. The Kier molecular flexibility index (Phi) is 7.28. The average Bonchev–Trinajstić information content (AvgIpc) is 2.41. The molecule has 0 heterocycles. The van der Waals surface area contributed by atoms with Crippen LogP contribution in [0.5, 0.6) is 0 Å². The normalized spacial score (nSPS) is 16.1. The van der Waals surface area contributed by atoms with E-state index in [1.54, 1.807) is 0 Å². The first-order valence-electron chi connectivity index (χ1n) is 6.00. The molecule has 1 aliphatic carbocycles. The monoisotopic (exact) mass is 216 g/mol. The fraction of sp³-hybridized carbons (Fsp3) is 0.375. The van der Waals surface area contributed by atoms with Crippen molar-refractivity contribution < 1.29 is 0 Å². The fourth-order valence-electron chi connectivity index (χ4n) is 1.61. The van der Waals surface area contributed by atoms with Crippen molar-refractivity contribution in [3.8, 4) is 0 Å². The van der Waals surface area contributed by atoms with Crippen LogP contribution in [0.2, 0.25) is 0 Å². The van der Waals surface area contributed by atoms with Gasteiger partial charge in [0.25, 0.3) is 0 Å². The van der Waals surface area contributed by atoms with Crippen molar-refractivity contribution in [2.45, 2.75) is 41.0 Å². The van der Waals surface area contributed by atoms with Crippen LogP contribution in [0.1, 0.15) is 41.0 Å². The van der Waals surface area contributed by atoms with Gasteiger partial charge in [-0.05, 0) is 43.9 Å². The Morgan fingerprint density at radius 1 is 1.19 bits per heavy atom. The quantitative estimate of drug-likeness (QED) is 0.544. The van der Waals surface area contributed by atoms with E-state index >= 15 is 0 Å². The van der Waals surface area contributed by atoms with E-state index in [4.69, 9.17) is 0 Å². The summed E-state index contributed by atoms with van der Waals surface area (Å²) < 4.78 is 0. The summed E-state index contributed by atoms with van der Waals surface area (Å²) in [5, 5.41) is 0. The van der Waals surface area contributed by atoms with Gasteiger partial charge in [-0.2, -0.15) is 0 Å². The highest BCUT2D eigenvalue weighted by Crippen LogP contribution is 2.25. The first-order chi connectivity index (χ1) is 7.66. The summed E-state index contributed by atoms with van der Waals surface area (Å²) in [6.07, 6.45) is 11.4. The molecule has 0 aromatic rings. The van der Waals surface area contributed by atoms with Gasteiger partial charge in [0.2, 0.25) is 0 Å². The van der Waals surface area contributed by atoms with E-state index in [1.165, 1.54) is 22.3 Å². The van der Waals surface area contributed by atoms with Gasteiger partial charge in [-0.3, -0.25) is 0 Å². The van der Waals surface area contributed by atoms with Gasteiger partial charge in [-0.15, -0.1) is 0 Å². The highest BCUT2D eigenvalue weighted by Gasteiger charge is 2.05. The van der Waals surface area contributed by atoms with Gasteiger partial charge < -0.3 is 0 Å². The summed E-state index contributed by atoms with van der Waals surface area (Å²) in [6.45, 7) is 14.2. The zero-order chi connectivity index (χ0) is 12.6. The van der Waals surface area contributed by atoms with E-state index in [2.05, 4.69) is 45.6 Å². The van der Waals surface area contributed by atoms with Crippen LogP contribution in [-0.2, 0) is 0 Å². The van der Waals surface area contributed by atoms with Crippen LogP contribution in [0.25, 0.3) is 0 Å². The molecule has 1 rings (SSSR count). The van der Waals surface area contributed by atoms with Crippen LogP contribution in [0.15, 0.2) is 59.3 Å². The molecule has 0 saturated carbocycles. The Hall–Kier alpha value is -1.30. The van der Waals surface area contributed by atoms with E-state index in [-0.39, 0.29) is 0 Å². The van der Waals surface area contributed by atoms with E-state index in [9.17, 15) is 0 Å². The molecule has 0 unspecified atom stereocenters. The van der Waals surface area contributed by atoms with Crippen molar-refractivity contribution in [2.24, 2.45) is 0 Å². The molecule has 0 saturated heterocycles. The Balaban J connectivity index is 0.00000106. The lowest BCUT2D eigenvalue weighted by Gasteiger charge is -2.07. The molecule has 0 radical (unpaired) electrons. The maximum atomic E-state index is 3.70. The fourth-order valence-corrected chi connectivity index (χ4v) is 1.61. The van der Waals surface area contributed by atoms with Crippen molar-refractivity contribution in [3.05, 3.63) is 59.3 Å². The summed E-state index contributed by atoms with van der Waals surface area (Å²) in [5.74, 6) is 0. The number of rotatable bonds is 2. The smallest absolute Gasteiger partial charge is 0.0129 e. The SMILES string of the molecule is C=C/C=C\C1=C(C)CC=CC(C)=C1C.CC. The summed E-state index contributed by atoms with van der Waals surface area (Å²) in [4.78, 5) is 0. The van der Waals surface area contributed by atoms with Crippen LogP contribution in [0.3, 0.4) is 0 Å². The molecule has 0 aliphatic heterocycles. The highest BCUT2D eigenvalue weighted by atomic mass is 14.1. The largest absolute Gasteiger partial charge is 0.0991 e. The predicted molar refractivity (Wildman–Crippen MR) is 75.5 cm³/mol. The molecule has 0 N–H and O–H groups in total. The Morgan fingerprint density at radius 2 is 1.81 bits per heavy atom. The lowest BCUT2D eigenvalue weighted by Crippen LogP contribution is -1.88.